The molecule has 0 aliphatic carbocycles. The van der Waals surface area contributed by atoms with Gasteiger partial charge in [0.25, 0.3) is 0 Å². The van der Waals surface area contributed by atoms with Gasteiger partial charge in [0.15, 0.2) is 0 Å². The molecule has 4 N–H and O–H groups in total. The second-order valence-electron chi connectivity index (χ2n) is 6.13. The molecule has 0 unspecified atom stereocenters. The van der Waals surface area contributed by atoms with E-state index in [4.69, 9.17) is 11.3 Å². The van der Waals surface area contributed by atoms with E-state index in [1.54, 1.807) is 24.4 Å². The van der Waals surface area contributed by atoms with E-state index in [0.717, 1.165) is 5.69 Å². The third-order valence-corrected chi connectivity index (χ3v) is 3.92. The number of hydrogen-bond donors (Lipinski definition) is 3. The van der Waals surface area contributed by atoms with Crippen LogP contribution < -0.4 is 11.1 Å². The zero-order valence-electron chi connectivity index (χ0n) is 14.6. The summed E-state index contributed by atoms with van der Waals surface area (Å²) >= 11 is 0. The Morgan fingerprint density at radius 1 is 1.42 bits per heavy atom. The molecule has 0 radical (unpaired) electrons. The van der Waals surface area contributed by atoms with Gasteiger partial charge in [0.2, 0.25) is 0 Å². The van der Waals surface area contributed by atoms with Crippen LogP contribution in [0.2, 0.25) is 0 Å². The second kappa shape index (κ2) is 7.30. The molecule has 3 rings (SSSR count). The Hall–Kier alpha value is -3.29. The minimum absolute atomic E-state index is 0.160. The quantitative estimate of drug-likeness (QED) is 0.585. The minimum atomic E-state index is -0.465. The van der Waals surface area contributed by atoms with E-state index in [-0.39, 0.29) is 11.3 Å². The molecule has 1 aromatic carbocycles. The Morgan fingerprint density at radius 3 is 2.92 bits per heavy atom. The van der Waals surface area contributed by atoms with Crippen LogP contribution in [-0.4, -0.2) is 14.8 Å². The smallest absolute Gasteiger partial charge is 0.149 e. The molecule has 8 heteroatoms. The SMILES string of the molecule is CC(C)n1ccc(CN/C=C(\N=N)c2cc(N)nc3c(F)cccc23)n1. The van der Waals surface area contributed by atoms with Crippen LogP contribution >= 0.6 is 0 Å². The summed E-state index contributed by atoms with van der Waals surface area (Å²) in [6.07, 6.45) is 3.52. The van der Waals surface area contributed by atoms with Gasteiger partial charge in [-0.25, -0.2) is 14.9 Å². The number of para-hydroxylation sites is 1. The summed E-state index contributed by atoms with van der Waals surface area (Å²) in [5.41, 5.74) is 15.2. The molecule has 0 saturated carbocycles. The highest BCUT2D eigenvalue weighted by Gasteiger charge is 2.12. The van der Waals surface area contributed by atoms with Crippen molar-refractivity contribution < 1.29 is 4.39 Å². The van der Waals surface area contributed by atoms with Gasteiger partial charge in [0.1, 0.15) is 22.8 Å². The van der Waals surface area contributed by atoms with Crippen LogP contribution in [0, 0.1) is 11.3 Å². The highest BCUT2D eigenvalue weighted by molar-refractivity contribution is 5.92. The van der Waals surface area contributed by atoms with Gasteiger partial charge in [0.05, 0.1) is 12.2 Å². The molecule has 0 atom stereocenters. The molecule has 7 nitrogen and oxygen atoms in total. The van der Waals surface area contributed by atoms with Crippen LogP contribution in [-0.2, 0) is 6.54 Å². The van der Waals surface area contributed by atoms with Gasteiger partial charge in [-0.05, 0) is 32.0 Å². The summed E-state index contributed by atoms with van der Waals surface area (Å²) in [5, 5.41) is 11.7. The molecular weight excluding hydrogens is 333 g/mol. The molecule has 0 aliphatic rings. The van der Waals surface area contributed by atoms with Crippen LogP contribution in [0.1, 0.15) is 31.1 Å². The first-order valence-corrected chi connectivity index (χ1v) is 8.19. The third-order valence-electron chi connectivity index (χ3n) is 3.92. The number of halogens is 1. The number of rotatable bonds is 6. The Labute approximate surface area is 150 Å². The number of aromatic nitrogens is 3. The summed E-state index contributed by atoms with van der Waals surface area (Å²) < 4.78 is 15.9. The third kappa shape index (κ3) is 3.53. The Kier molecular flexibility index (Phi) is 4.92. The lowest BCUT2D eigenvalue weighted by Crippen LogP contribution is -2.08. The number of nitrogens with zero attached hydrogens (tertiary/aromatic N) is 4. The topological polar surface area (TPSA) is 105 Å². The number of nitrogens with one attached hydrogen (secondary N) is 2. The first-order chi connectivity index (χ1) is 12.5. The van der Waals surface area contributed by atoms with Crippen molar-refractivity contribution in [3.63, 3.8) is 0 Å². The number of hydrogen-bond acceptors (Lipinski definition) is 6. The molecule has 0 fully saturated rings. The van der Waals surface area contributed by atoms with Crippen LogP contribution in [0.4, 0.5) is 10.2 Å². The van der Waals surface area contributed by atoms with Crippen molar-refractivity contribution in [2.75, 3.05) is 5.73 Å². The van der Waals surface area contributed by atoms with E-state index in [9.17, 15) is 4.39 Å². The fourth-order valence-corrected chi connectivity index (χ4v) is 2.63. The zero-order valence-corrected chi connectivity index (χ0v) is 14.6. The number of nitrogen functional groups attached to an aromatic ring is 1. The highest BCUT2D eigenvalue weighted by Crippen LogP contribution is 2.28. The molecule has 2 aromatic heterocycles. The molecule has 0 saturated heterocycles. The number of benzene rings is 1. The van der Waals surface area contributed by atoms with Crippen molar-refractivity contribution in [1.82, 2.24) is 20.1 Å². The van der Waals surface area contributed by atoms with E-state index in [0.29, 0.717) is 29.2 Å². The number of fused-ring (bicyclic) bond motifs is 1. The number of nitrogens with two attached hydrogens (primary N) is 1. The first kappa shape index (κ1) is 17.5. The van der Waals surface area contributed by atoms with Gasteiger partial charge in [-0.1, -0.05) is 12.1 Å². The van der Waals surface area contributed by atoms with Crippen LogP contribution in [0.3, 0.4) is 0 Å². The lowest BCUT2D eigenvalue weighted by atomic mass is 10.1. The molecule has 0 aliphatic heterocycles. The first-order valence-electron chi connectivity index (χ1n) is 8.19. The standard InChI is InChI=1S/C18H20FN7/c1-11(2)26-7-6-12(25-26)9-22-10-16(24-21)14-8-17(20)23-18-13(14)4-3-5-15(18)19/h3-8,10-11,21-22H,9H2,1-2H3,(H2,20,23)/b16-10-,24-21?. The molecule has 0 amide bonds. The molecular formula is C18H20FN7. The largest absolute Gasteiger partial charge is 0.384 e. The fourth-order valence-electron chi connectivity index (χ4n) is 2.63. The summed E-state index contributed by atoms with van der Waals surface area (Å²) in [6, 6.07) is 8.44. The monoisotopic (exact) mass is 353 g/mol. The lowest BCUT2D eigenvalue weighted by Gasteiger charge is -2.08. The van der Waals surface area contributed by atoms with Crippen LogP contribution in [0.25, 0.3) is 16.6 Å². The van der Waals surface area contributed by atoms with Crippen LogP contribution in [0.5, 0.6) is 0 Å². The Morgan fingerprint density at radius 2 is 2.23 bits per heavy atom. The Balaban J connectivity index is 1.88. The maximum absolute atomic E-state index is 14.0. The maximum atomic E-state index is 14.0. The van der Waals surface area contributed by atoms with Crippen molar-refractivity contribution >= 4 is 22.4 Å². The molecule has 2 heterocycles. The van der Waals surface area contributed by atoms with Crippen molar-refractivity contribution in [1.29, 1.82) is 5.53 Å². The van der Waals surface area contributed by atoms with Crippen molar-refractivity contribution in [3.05, 3.63) is 59.8 Å². The summed E-state index contributed by atoms with van der Waals surface area (Å²) in [7, 11) is 0. The van der Waals surface area contributed by atoms with E-state index in [1.807, 2.05) is 16.9 Å². The zero-order chi connectivity index (χ0) is 18.7. The van der Waals surface area contributed by atoms with Gasteiger partial charge in [-0.2, -0.15) is 10.2 Å². The van der Waals surface area contributed by atoms with Gasteiger partial charge in [-0.3, -0.25) is 4.68 Å². The average Bonchev–Trinajstić information content (AvgIpc) is 3.08. The van der Waals surface area contributed by atoms with Gasteiger partial charge in [0, 0.05) is 29.4 Å². The average molecular weight is 353 g/mol. The molecule has 26 heavy (non-hydrogen) atoms. The fraction of sp³-hybridized carbons (Fsp3) is 0.222. The highest BCUT2D eigenvalue weighted by atomic mass is 19.1. The predicted octanol–water partition coefficient (Wildman–Crippen LogP) is 3.85. The summed E-state index contributed by atoms with van der Waals surface area (Å²) in [4.78, 5) is 4.04. The van der Waals surface area contributed by atoms with Crippen molar-refractivity contribution in [3.8, 4) is 0 Å². The van der Waals surface area contributed by atoms with Gasteiger partial charge >= 0.3 is 0 Å². The van der Waals surface area contributed by atoms with Crippen LogP contribution in [0.15, 0.2) is 47.8 Å². The molecule has 0 bridgehead atoms. The summed E-state index contributed by atoms with van der Waals surface area (Å²) in [6.45, 7) is 4.59. The van der Waals surface area contributed by atoms with Gasteiger partial charge in [-0.15, -0.1) is 0 Å². The molecule has 0 spiro atoms. The normalized spacial score (nSPS) is 11.9. The molecule has 3 aromatic rings. The lowest BCUT2D eigenvalue weighted by molar-refractivity contribution is 0.525. The minimum Gasteiger partial charge on any atom is -0.384 e. The van der Waals surface area contributed by atoms with E-state index < -0.39 is 5.82 Å². The van der Waals surface area contributed by atoms with E-state index in [2.05, 4.69) is 34.4 Å². The van der Waals surface area contributed by atoms with Crippen molar-refractivity contribution in [2.24, 2.45) is 5.11 Å². The van der Waals surface area contributed by atoms with E-state index >= 15 is 0 Å². The number of pyridine rings is 1. The second-order valence-corrected chi connectivity index (χ2v) is 6.13. The van der Waals surface area contributed by atoms with Crippen molar-refractivity contribution in [2.45, 2.75) is 26.4 Å². The maximum Gasteiger partial charge on any atom is 0.149 e. The molecule has 134 valence electrons. The Bertz CT molecular complexity index is 975. The number of anilines is 1. The van der Waals surface area contributed by atoms with Gasteiger partial charge < -0.3 is 11.1 Å². The predicted molar refractivity (Wildman–Crippen MR) is 98.7 cm³/mol. The summed E-state index contributed by atoms with van der Waals surface area (Å²) in [5.74, 6) is -0.296. The van der Waals surface area contributed by atoms with E-state index in [1.165, 1.54) is 6.07 Å².